The molecule has 1 heterocycles. The van der Waals surface area contributed by atoms with Crippen molar-refractivity contribution in [2.45, 2.75) is 17.9 Å². The van der Waals surface area contributed by atoms with Gasteiger partial charge in [0.15, 0.2) is 0 Å². The normalized spacial score (nSPS) is 12.2. The largest absolute Gasteiger partial charge is 0.385 e. The third kappa shape index (κ3) is 4.03. The van der Waals surface area contributed by atoms with Crippen LogP contribution >= 0.6 is 11.3 Å². The van der Waals surface area contributed by atoms with E-state index in [-0.39, 0.29) is 0 Å². The first kappa shape index (κ1) is 15.6. The second kappa shape index (κ2) is 7.20. The van der Waals surface area contributed by atoms with Crippen LogP contribution in [0.25, 0.3) is 0 Å². The van der Waals surface area contributed by atoms with E-state index in [1.165, 1.54) is 15.6 Å². The van der Waals surface area contributed by atoms with Gasteiger partial charge in [0.2, 0.25) is 10.0 Å². The van der Waals surface area contributed by atoms with Crippen molar-refractivity contribution in [1.82, 2.24) is 9.62 Å². The molecule has 0 fully saturated rings. The van der Waals surface area contributed by atoms with E-state index < -0.39 is 10.0 Å². The minimum absolute atomic E-state index is 0.373. The van der Waals surface area contributed by atoms with E-state index in [2.05, 4.69) is 5.32 Å². The highest BCUT2D eigenvalue weighted by atomic mass is 32.2. The SMILES string of the molecule is CNCc1cc(S(=O)(=O)N(C)CCCOC)cs1. The molecular formula is C11H20N2O3S2. The summed E-state index contributed by atoms with van der Waals surface area (Å²) < 4.78 is 30.7. The van der Waals surface area contributed by atoms with E-state index in [9.17, 15) is 8.42 Å². The standard InChI is InChI=1S/C11H20N2O3S2/c1-12-8-10-7-11(9-17-10)18(14,15)13(2)5-4-6-16-3/h7,9,12H,4-6,8H2,1-3H3. The molecule has 5 nitrogen and oxygen atoms in total. The Hall–Kier alpha value is -0.470. The van der Waals surface area contributed by atoms with Gasteiger partial charge in [0, 0.05) is 44.1 Å². The molecule has 0 spiro atoms. The zero-order valence-electron chi connectivity index (χ0n) is 11.0. The van der Waals surface area contributed by atoms with Crippen molar-refractivity contribution in [1.29, 1.82) is 0 Å². The molecule has 7 heteroatoms. The van der Waals surface area contributed by atoms with Crippen molar-refractivity contribution in [3.63, 3.8) is 0 Å². The third-order valence-corrected chi connectivity index (χ3v) is 5.43. The summed E-state index contributed by atoms with van der Waals surface area (Å²) in [5, 5.41) is 4.69. The molecule has 0 aliphatic rings. The summed E-state index contributed by atoms with van der Waals surface area (Å²) in [6.45, 7) is 1.72. The molecule has 0 radical (unpaired) electrons. The van der Waals surface area contributed by atoms with Crippen molar-refractivity contribution in [3.05, 3.63) is 16.3 Å². The van der Waals surface area contributed by atoms with Crippen molar-refractivity contribution < 1.29 is 13.2 Å². The summed E-state index contributed by atoms with van der Waals surface area (Å²) in [5.74, 6) is 0. The zero-order valence-corrected chi connectivity index (χ0v) is 12.6. The number of sulfonamides is 1. The van der Waals surface area contributed by atoms with Gasteiger partial charge < -0.3 is 10.1 Å². The Bertz CT molecular complexity index is 457. The fourth-order valence-electron chi connectivity index (χ4n) is 1.49. The van der Waals surface area contributed by atoms with E-state index in [4.69, 9.17) is 4.74 Å². The number of methoxy groups -OCH3 is 1. The second-order valence-corrected chi connectivity index (χ2v) is 6.99. The van der Waals surface area contributed by atoms with Gasteiger partial charge in [0.1, 0.15) is 0 Å². The molecule has 0 saturated heterocycles. The Morgan fingerprint density at radius 1 is 1.50 bits per heavy atom. The van der Waals surface area contributed by atoms with Crippen LogP contribution in [0.15, 0.2) is 16.3 Å². The molecule has 0 saturated carbocycles. The maximum absolute atomic E-state index is 12.2. The van der Waals surface area contributed by atoms with E-state index in [0.717, 1.165) is 4.88 Å². The number of thiophene rings is 1. The molecule has 1 rings (SSSR count). The molecule has 104 valence electrons. The average molecular weight is 292 g/mol. The van der Waals surface area contributed by atoms with Gasteiger partial charge in [-0.3, -0.25) is 0 Å². The number of hydrogen-bond acceptors (Lipinski definition) is 5. The minimum atomic E-state index is -3.36. The van der Waals surface area contributed by atoms with Crippen LogP contribution in [0.3, 0.4) is 0 Å². The predicted octanol–water partition coefficient (Wildman–Crippen LogP) is 1.12. The number of nitrogens with zero attached hydrogens (tertiary/aromatic N) is 1. The molecule has 0 amide bonds. The van der Waals surface area contributed by atoms with Crippen LogP contribution < -0.4 is 5.32 Å². The minimum Gasteiger partial charge on any atom is -0.385 e. The lowest BCUT2D eigenvalue weighted by Gasteiger charge is -2.15. The highest BCUT2D eigenvalue weighted by Gasteiger charge is 2.21. The van der Waals surface area contributed by atoms with Gasteiger partial charge in [-0.1, -0.05) is 0 Å². The molecule has 0 atom stereocenters. The Kier molecular flexibility index (Phi) is 6.24. The molecule has 0 aromatic carbocycles. The number of ether oxygens (including phenoxy) is 1. The van der Waals surface area contributed by atoms with Crippen LogP contribution in [0.4, 0.5) is 0 Å². The van der Waals surface area contributed by atoms with Gasteiger partial charge in [0.25, 0.3) is 0 Å². The summed E-state index contributed by atoms with van der Waals surface area (Å²) in [6.07, 6.45) is 0.694. The Labute approximate surface area is 113 Å². The molecule has 1 N–H and O–H groups in total. The average Bonchev–Trinajstić information content (AvgIpc) is 2.79. The molecule has 1 aromatic rings. The van der Waals surface area contributed by atoms with Gasteiger partial charge in [-0.15, -0.1) is 11.3 Å². The van der Waals surface area contributed by atoms with E-state index >= 15 is 0 Å². The number of nitrogens with one attached hydrogen (secondary N) is 1. The summed E-state index contributed by atoms with van der Waals surface area (Å²) in [7, 11) is 1.69. The van der Waals surface area contributed by atoms with Crippen molar-refractivity contribution in [2.24, 2.45) is 0 Å². The summed E-state index contributed by atoms with van der Waals surface area (Å²) in [5.41, 5.74) is 0. The van der Waals surface area contributed by atoms with Crippen LogP contribution in [-0.2, 0) is 21.3 Å². The van der Waals surface area contributed by atoms with Crippen molar-refractivity contribution in [2.75, 3.05) is 34.4 Å². The summed E-state index contributed by atoms with van der Waals surface area (Å²) >= 11 is 1.45. The maximum atomic E-state index is 12.2. The van der Waals surface area contributed by atoms with Gasteiger partial charge >= 0.3 is 0 Å². The van der Waals surface area contributed by atoms with E-state index in [1.54, 1.807) is 25.6 Å². The number of rotatable bonds is 8. The fraction of sp³-hybridized carbons (Fsp3) is 0.636. The molecule has 0 unspecified atom stereocenters. The second-order valence-electron chi connectivity index (χ2n) is 3.95. The highest BCUT2D eigenvalue weighted by molar-refractivity contribution is 7.89. The zero-order chi connectivity index (χ0) is 13.6. The van der Waals surface area contributed by atoms with Crippen LogP contribution in [0.1, 0.15) is 11.3 Å². The van der Waals surface area contributed by atoms with Crippen LogP contribution in [0.2, 0.25) is 0 Å². The monoisotopic (exact) mass is 292 g/mol. The van der Waals surface area contributed by atoms with E-state index in [0.29, 0.717) is 31.0 Å². The summed E-state index contributed by atoms with van der Waals surface area (Å²) in [6, 6.07) is 1.73. The van der Waals surface area contributed by atoms with Crippen LogP contribution in [0, 0.1) is 0 Å². The molecule has 0 bridgehead atoms. The summed E-state index contributed by atoms with van der Waals surface area (Å²) in [4.78, 5) is 1.39. The van der Waals surface area contributed by atoms with Gasteiger partial charge in [0.05, 0.1) is 4.90 Å². The Balaban J connectivity index is 2.71. The first-order valence-electron chi connectivity index (χ1n) is 5.69. The Morgan fingerprint density at radius 2 is 2.22 bits per heavy atom. The smallest absolute Gasteiger partial charge is 0.243 e. The first-order valence-corrected chi connectivity index (χ1v) is 8.01. The highest BCUT2D eigenvalue weighted by Crippen LogP contribution is 2.22. The fourth-order valence-corrected chi connectivity index (χ4v) is 3.98. The molecule has 0 aliphatic carbocycles. The molecular weight excluding hydrogens is 272 g/mol. The molecule has 0 aliphatic heterocycles. The van der Waals surface area contributed by atoms with Crippen LogP contribution in [-0.4, -0.2) is 47.1 Å². The lowest BCUT2D eigenvalue weighted by Crippen LogP contribution is -2.28. The van der Waals surface area contributed by atoms with Crippen molar-refractivity contribution in [3.8, 4) is 0 Å². The van der Waals surface area contributed by atoms with Gasteiger partial charge in [-0.25, -0.2) is 12.7 Å². The topological polar surface area (TPSA) is 58.6 Å². The van der Waals surface area contributed by atoms with Gasteiger partial charge in [-0.2, -0.15) is 0 Å². The lowest BCUT2D eigenvalue weighted by molar-refractivity contribution is 0.189. The quantitative estimate of drug-likeness (QED) is 0.730. The lowest BCUT2D eigenvalue weighted by atomic mass is 10.4. The first-order chi connectivity index (χ1) is 8.52. The van der Waals surface area contributed by atoms with Crippen LogP contribution in [0.5, 0.6) is 0 Å². The maximum Gasteiger partial charge on any atom is 0.243 e. The molecule has 18 heavy (non-hydrogen) atoms. The van der Waals surface area contributed by atoms with E-state index in [1.807, 2.05) is 7.05 Å². The van der Waals surface area contributed by atoms with Gasteiger partial charge in [-0.05, 0) is 19.5 Å². The predicted molar refractivity (Wildman–Crippen MR) is 73.4 cm³/mol. The Morgan fingerprint density at radius 3 is 2.83 bits per heavy atom. The van der Waals surface area contributed by atoms with Crippen molar-refractivity contribution >= 4 is 21.4 Å². The number of hydrogen-bond donors (Lipinski definition) is 1. The molecule has 1 aromatic heterocycles. The third-order valence-electron chi connectivity index (χ3n) is 2.51.